The van der Waals surface area contributed by atoms with Gasteiger partial charge in [-0.2, -0.15) is 0 Å². The number of aryl methyl sites for hydroxylation is 1. The third-order valence-electron chi connectivity index (χ3n) is 4.10. The Morgan fingerprint density at radius 2 is 1.61 bits per heavy atom. The third-order valence-corrected chi connectivity index (χ3v) is 4.10. The van der Waals surface area contributed by atoms with Gasteiger partial charge < -0.3 is 15.4 Å². The molecule has 0 saturated carbocycles. The molecule has 0 spiro atoms. The molecule has 0 aliphatic heterocycles. The number of nitrogens with zero attached hydrogens (tertiary/aromatic N) is 1. The summed E-state index contributed by atoms with van der Waals surface area (Å²) in [6.45, 7) is 2.39. The van der Waals surface area contributed by atoms with E-state index in [1.54, 1.807) is 49.6 Å². The normalized spacial score (nSPS) is 10.2. The summed E-state index contributed by atoms with van der Waals surface area (Å²) in [5, 5.41) is 5.57. The molecule has 3 aromatic rings. The van der Waals surface area contributed by atoms with Gasteiger partial charge in [0.2, 0.25) is 0 Å². The largest absolute Gasteiger partial charge is 0.497 e. The maximum atomic E-state index is 12.4. The predicted molar refractivity (Wildman–Crippen MR) is 108 cm³/mol. The zero-order chi connectivity index (χ0) is 19.9. The Kier molecular flexibility index (Phi) is 6.01. The first-order valence-corrected chi connectivity index (χ1v) is 8.81. The van der Waals surface area contributed by atoms with Crippen LogP contribution in [0, 0.1) is 6.92 Å². The molecule has 0 atom stereocenters. The van der Waals surface area contributed by atoms with E-state index in [4.69, 9.17) is 4.74 Å². The summed E-state index contributed by atoms with van der Waals surface area (Å²) >= 11 is 0. The highest BCUT2D eigenvalue weighted by atomic mass is 16.5. The van der Waals surface area contributed by atoms with Crippen LogP contribution < -0.4 is 15.4 Å². The molecule has 2 amide bonds. The third kappa shape index (κ3) is 4.94. The van der Waals surface area contributed by atoms with Crippen LogP contribution in [0.5, 0.6) is 5.75 Å². The fourth-order valence-corrected chi connectivity index (χ4v) is 2.65. The lowest BCUT2D eigenvalue weighted by Crippen LogP contribution is -2.25. The van der Waals surface area contributed by atoms with Gasteiger partial charge in [0.1, 0.15) is 17.1 Å². The smallest absolute Gasteiger partial charge is 0.274 e. The summed E-state index contributed by atoms with van der Waals surface area (Å²) in [7, 11) is 1.58. The van der Waals surface area contributed by atoms with Crippen LogP contribution in [-0.2, 0) is 6.54 Å². The zero-order valence-electron chi connectivity index (χ0n) is 15.7. The SMILES string of the molecule is COc1ccc(NC(=O)c2cccc(C(=O)NCc3cccc(C)c3)n2)cc1. The molecule has 0 radical (unpaired) electrons. The van der Waals surface area contributed by atoms with Gasteiger partial charge in [-0.3, -0.25) is 9.59 Å². The Morgan fingerprint density at radius 3 is 2.29 bits per heavy atom. The van der Waals surface area contributed by atoms with Crippen LogP contribution in [0.1, 0.15) is 32.1 Å². The molecule has 0 aliphatic carbocycles. The van der Waals surface area contributed by atoms with E-state index in [9.17, 15) is 9.59 Å². The lowest BCUT2D eigenvalue weighted by atomic mass is 10.1. The number of methoxy groups -OCH3 is 1. The van der Waals surface area contributed by atoms with Crippen LogP contribution >= 0.6 is 0 Å². The highest BCUT2D eigenvalue weighted by molar-refractivity contribution is 6.03. The monoisotopic (exact) mass is 375 g/mol. The predicted octanol–water partition coefficient (Wildman–Crippen LogP) is 3.58. The molecule has 6 nitrogen and oxygen atoms in total. The Bertz CT molecular complexity index is 984. The van der Waals surface area contributed by atoms with Crippen LogP contribution in [0.15, 0.2) is 66.7 Å². The van der Waals surface area contributed by atoms with E-state index in [0.717, 1.165) is 11.1 Å². The highest BCUT2D eigenvalue weighted by Gasteiger charge is 2.12. The van der Waals surface area contributed by atoms with Gasteiger partial charge in [0.15, 0.2) is 0 Å². The van der Waals surface area contributed by atoms with Gasteiger partial charge in [-0.05, 0) is 48.9 Å². The fourth-order valence-electron chi connectivity index (χ4n) is 2.65. The van der Waals surface area contributed by atoms with Gasteiger partial charge in [-0.15, -0.1) is 0 Å². The van der Waals surface area contributed by atoms with Crippen LogP contribution in [0.2, 0.25) is 0 Å². The number of benzene rings is 2. The molecule has 28 heavy (non-hydrogen) atoms. The Morgan fingerprint density at radius 1 is 0.929 bits per heavy atom. The number of aromatic nitrogens is 1. The number of carbonyl (C=O) groups is 2. The van der Waals surface area contributed by atoms with E-state index in [2.05, 4.69) is 15.6 Å². The lowest BCUT2D eigenvalue weighted by molar-refractivity contribution is 0.0945. The molecule has 6 heteroatoms. The van der Waals surface area contributed by atoms with Crippen LogP contribution in [0.3, 0.4) is 0 Å². The molecule has 1 aromatic heterocycles. The first kappa shape index (κ1) is 19.1. The zero-order valence-corrected chi connectivity index (χ0v) is 15.7. The minimum Gasteiger partial charge on any atom is -0.497 e. The molecule has 2 N–H and O–H groups in total. The van der Waals surface area contributed by atoms with Crippen molar-refractivity contribution in [2.75, 3.05) is 12.4 Å². The minimum atomic E-state index is -0.390. The van der Waals surface area contributed by atoms with E-state index < -0.39 is 5.91 Å². The Hall–Kier alpha value is -3.67. The summed E-state index contributed by atoms with van der Waals surface area (Å²) in [6, 6.07) is 19.6. The molecule has 0 unspecified atom stereocenters. The van der Waals surface area contributed by atoms with E-state index in [-0.39, 0.29) is 17.3 Å². The number of amides is 2. The van der Waals surface area contributed by atoms with Crippen LogP contribution in [0.4, 0.5) is 5.69 Å². The molecule has 2 aromatic carbocycles. The van der Waals surface area contributed by atoms with Gasteiger partial charge in [0, 0.05) is 12.2 Å². The van der Waals surface area contributed by atoms with Crippen molar-refractivity contribution in [2.45, 2.75) is 13.5 Å². The van der Waals surface area contributed by atoms with Crippen molar-refractivity contribution in [1.82, 2.24) is 10.3 Å². The number of hydrogen-bond acceptors (Lipinski definition) is 4. The van der Waals surface area contributed by atoms with Gasteiger partial charge in [0.05, 0.1) is 7.11 Å². The molecule has 0 fully saturated rings. The second kappa shape index (κ2) is 8.81. The van der Waals surface area contributed by atoms with E-state index in [1.807, 2.05) is 31.2 Å². The average molecular weight is 375 g/mol. The molecule has 0 aliphatic rings. The van der Waals surface area contributed by atoms with Gasteiger partial charge in [0.25, 0.3) is 11.8 Å². The number of nitrogens with one attached hydrogen (secondary N) is 2. The maximum absolute atomic E-state index is 12.4. The van der Waals surface area contributed by atoms with Crippen molar-refractivity contribution < 1.29 is 14.3 Å². The van der Waals surface area contributed by atoms with E-state index in [1.165, 1.54) is 0 Å². The second-order valence-corrected chi connectivity index (χ2v) is 6.26. The van der Waals surface area contributed by atoms with Crippen molar-refractivity contribution in [1.29, 1.82) is 0 Å². The average Bonchev–Trinajstić information content (AvgIpc) is 2.72. The van der Waals surface area contributed by atoms with Crippen molar-refractivity contribution in [3.63, 3.8) is 0 Å². The molecule has 0 saturated heterocycles. The minimum absolute atomic E-state index is 0.166. The number of anilines is 1. The number of carbonyl (C=O) groups excluding carboxylic acids is 2. The van der Waals surface area contributed by atoms with Gasteiger partial charge in [-0.1, -0.05) is 35.9 Å². The summed E-state index contributed by atoms with van der Waals surface area (Å²) in [4.78, 5) is 29.0. The second-order valence-electron chi connectivity index (χ2n) is 6.26. The van der Waals surface area contributed by atoms with Crippen molar-refractivity contribution in [2.24, 2.45) is 0 Å². The molecule has 0 bridgehead atoms. The van der Waals surface area contributed by atoms with Crippen LogP contribution in [-0.4, -0.2) is 23.9 Å². The van der Waals surface area contributed by atoms with E-state index in [0.29, 0.717) is 18.0 Å². The molecular formula is C22H21N3O3. The standard InChI is InChI=1S/C22H21N3O3/c1-15-5-3-6-16(13-15)14-23-21(26)19-7-4-8-20(25-19)22(27)24-17-9-11-18(28-2)12-10-17/h3-13H,14H2,1-2H3,(H,23,26)(H,24,27). The number of pyridine rings is 1. The van der Waals surface area contributed by atoms with Crippen molar-refractivity contribution >= 4 is 17.5 Å². The number of hydrogen-bond donors (Lipinski definition) is 2. The fraction of sp³-hybridized carbons (Fsp3) is 0.136. The summed E-state index contributed by atoms with van der Waals surface area (Å²) in [5.41, 5.74) is 3.10. The van der Waals surface area contributed by atoms with E-state index >= 15 is 0 Å². The summed E-state index contributed by atoms with van der Waals surface area (Å²) in [6.07, 6.45) is 0. The number of rotatable bonds is 6. The van der Waals surface area contributed by atoms with Crippen LogP contribution in [0.25, 0.3) is 0 Å². The first-order valence-electron chi connectivity index (χ1n) is 8.81. The topological polar surface area (TPSA) is 80.3 Å². The number of ether oxygens (including phenoxy) is 1. The Balaban J connectivity index is 1.65. The quantitative estimate of drug-likeness (QED) is 0.690. The maximum Gasteiger partial charge on any atom is 0.274 e. The summed E-state index contributed by atoms with van der Waals surface area (Å²) in [5.74, 6) is -0.0255. The summed E-state index contributed by atoms with van der Waals surface area (Å²) < 4.78 is 5.09. The first-order chi connectivity index (χ1) is 13.5. The van der Waals surface area contributed by atoms with Crippen molar-refractivity contribution in [3.8, 4) is 5.75 Å². The highest BCUT2D eigenvalue weighted by Crippen LogP contribution is 2.15. The van der Waals surface area contributed by atoms with Gasteiger partial charge in [-0.25, -0.2) is 4.98 Å². The molecule has 1 heterocycles. The molecular weight excluding hydrogens is 354 g/mol. The molecule has 3 rings (SSSR count). The van der Waals surface area contributed by atoms with Crippen molar-refractivity contribution in [3.05, 3.63) is 89.2 Å². The Labute approximate surface area is 163 Å². The molecule has 142 valence electrons. The van der Waals surface area contributed by atoms with Gasteiger partial charge >= 0.3 is 0 Å². The lowest BCUT2D eigenvalue weighted by Gasteiger charge is -2.08.